The zero-order chi connectivity index (χ0) is 31.9. The van der Waals surface area contributed by atoms with E-state index in [0.717, 1.165) is 27.8 Å². The number of benzene rings is 3. The van der Waals surface area contributed by atoms with E-state index in [0.29, 0.717) is 12.2 Å². The molecule has 44 heavy (non-hydrogen) atoms. The first-order valence-corrected chi connectivity index (χ1v) is 18.8. The van der Waals surface area contributed by atoms with Gasteiger partial charge in [-0.15, -0.1) is 0 Å². The molecule has 0 bridgehead atoms. The van der Waals surface area contributed by atoms with E-state index >= 15 is 0 Å². The summed E-state index contributed by atoms with van der Waals surface area (Å²) in [5.74, 6) is -0.303. The predicted octanol–water partition coefficient (Wildman–Crippen LogP) is 6.27. The van der Waals surface area contributed by atoms with Crippen molar-refractivity contribution < 1.29 is 28.6 Å². The van der Waals surface area contributed by atoms with Gasteiger partial charge in [-0.2, -0.15) is 0 Å². The fourth-order valence-electron chi connectivity index (χ4n) is 5.56. The van der Waals surface area contributed by atoms with Crippen LogP contribution in [0.15, 0.2) is 72.8 Å². The van der Waals surface area contributed by atoms with Gasteiger partial charge >= 0.3 is 12.1 Å². The molecule has 3 atom stereocenters. The Morgan fingerprint density at radius 3 is 2.00 bits per heavy atom. The molecule has 234 valence electrons. The van der Waals surface area contributed by atoms with Crippen molar-refractivity contribution in [2.24, 2.45) is 5.92 Å². The topological polar surface area (TPSA) is 103 Å². The van der Waals surface area contributed by atoms with Gasteiger partial charge in [0.25, 0.3) is 5.91 Å². The first-order valence-electron chi connectivity index (χ1n) is 15.2. The summed E-state index contributed by atoms with van der Waals surface area (Å²) in [6, 6.07) is 23.1. The SMILES string of the molecule is CCC(C)[C@H](NC(=O)OCC1c2ccccc2-c2ccccc21)C(=O)OCC(c1ccc(OCC(=O)NC)cc1)[Si](C)(C)C. The molecule has 0 saturated heterocycles. The van der Waals surface area contributed by atoms with E-state index < -0.39 is 26.2 Å². The maximum atomic E-state index is 13.4. The number of hydrogen-bond donors (Lipinski definition) is 2. The number of fused-ring (bicyclic) bond motifs is 3. The molecule has 2 amide bonds. The van der Waals surface area contributed by atoms with Gasteiger partial charge in [0.2, 0.25) is 0 Å². The van der Waals surface area contributed by atoms with E-state index in [4.69, 9.17) is 14.2 Å². The molecule has 2 N–H and O–H groups in total. The maximum absolute atomic E-state index is 13.4. The Labute approximate surface area is 261 Å². The van der Waals surface area contributed by atoms with Crippen molar-refractivity contribution in [1.29, 1.82) is 0 Å². The molecule has 4 rings (SSSR count). The van der Waals surface area contributed by atoms with Gasteiger partial charge in [0.15, 0.2) is 6.61 Å². The molecule has 0 radical (unpaired) electrons. The Bertz CT molecular complexity index is 1410. The van der Waals surface area contributed by atoms with Crippen molar-refractivity contribution in [1.82, 2.24) is 10.6 Å². The highest BCUT2D eigenvalue weighted by molar-refractivity contribution is 6.77. The van der Waals surface area contributed by atoms with Crippen LogP contribution in [0.4, 0.5) is 4.79 Å². The summed E-state index contributed by atoms with van der Waals surface area (Å²) in [4.78, 5) is 38.0. The van der Waals surface area contributed by atoms with Crippen LogP contribution >= 0.6 is 0 Å². The highest BCUT2D eigenvalue weighted by Crippen LogP contribution is 2.44. The summed E-state index contributed by atoms with van der Waals surface area (Å²) in [5, 5.41) is 5.33. The van der Waals surface area contributed by atoms with Gasteiger partial charge in [-0.3, -0.25) is 4.79 Å². The van der Waals surface area contributed by atoms with Crippen molar-refractivity contribution >= 4 is 26.0 Å². The maximum Gasteiger partial charge on any atom is 0.407 e. The monoisotopic (exact) mass is 616 g/mol. The minimum atomic E-state index is -1.84. The number of amides is 2. The van der Waals surface area contributed by atoms with Crippen molar-refractivity contribution in [2.75, 3.05) is 26.9 Å². The van der Waals surface area contributed by atoms with Crippen LogP contribution in [0.1, 0.15) is 48.4 Å². The van der Waals surface area contributed by atoms with E-state index in [1.54, 1.807) is 7.05 Å². The molecule has 3 aromatic carbocycles. The van der Waals surface area contributed by atoms with Crippen LogP contribution in [-0.4, -0.2) is 59.0 Å². The van der Waals surface area contributed by atoms with Crippen LogP contribution in [0.2, 0.25) is 19.6 Å². The Hall–Kier alpha value is -4.11. The van der Waals surface area contributed by atoms with Gasteiger partial charge in [-0.1, -0.05) is 101 Å². The lowest BCUT2D eigenvalue weighted by molar-refractivity contribution is -0.147. The quantitative estimate of drug-likeness (QED) is 0.173. The molecule has 1 aliphatic rings. The molecule has 0 heterocycles. The number of nitrogens with one attached hydrogen (secondary N) is 2. The number of hydrogen-bond acceptors (Lipinski definition) is 6. The fraction of sp³-hybridized carbons (Fsp3) is 0.400. The van der Waals surface area contributed by atoms with Gasteiger partial charge in [-0.05, 0) is 45.9 Å². The normalized spacial score (nSPS) is 14.4. The molecule has 9 heteroatoms. The van der Waals surface area contributed by atoms with Crippen molar-refractivity contribution in [3.05, 3.63) is 89.5 Å². The van der Waals surface area contributed by atoms with Crippen molar-refractivity contribution in [2.45, 2.75) is 57.4 Å². The first kappa shape index (κ1) is 32.8. The zero-order valence-electron chi connectivity index (χ0n) is 26.5. The number of likely N-dealkylation sites (N-methyl/N-ethyl adjacent to an activating group) is 1. The largest absolute Gasteiger partial charge is 0.484 e. The summed E-state index contributed by atoms with van der Waals surface area (Å²) in [7, 11) is -0.273. The number of carbonyl (C=O) groups is 3. The number of alkyl carbamates (subject to hydrolysis) is 1. The number of esters is 1. The third-order valence-electron chi connectivity index (χ3n) is 8.45. The minimum absolute atomic E-state index is 0.0199. The van der Waals surface area contributed by atoms with Gasteiger partial charge in [0, 0.05) is 18.5 Å². The lowest BCUT2D eigenvalue weighted by atomic mass is 9.98. The molecule has 0 spiro atoms. The lowest BCUT2D eigenvalue weighted by Crippen LogP contribution is -2.47. The summed E-state index contributed by atoms with van der Waals surface area (Å²) in [6.45, 7) is 10.9. The van der Waals surface area contributed by atoms with Crippen molar-refractivity contribution in [3.8, 4) is 16.9 Å². The molecule has 1 aliphatic carbocycles. The zero-order valence-corrected chi connectivity index (χ0v) is 27.5. The van der Waals surface area contributed by atoms with E-state index in [-0.39, 0.29) is 43.1 Å². The third-order valence-corrected chi connectivity index (χ3v) is 11.0. The number of ether oxygens (including phenoxy) is 3. The fourth-order valence-corrected chi connectivity index (χ4v) is 7.33. The van der Waals surface area contributed by atoms with Crippen molar-refractivity contribution in [3.63, 3.8) is 0 Å². The van der Waals surface area contributed by atoms with Crippen LogP contribution < -0.4 is 15.4 Å². The molecule has 0 aromatic heterocycles. The van der Waals surface area contributed by atoms with E-state index in [2.05, 4.69) is 54.5 Å². The highest BCUT2D eigenvalue weighted by Gasteiger charge is 2.34. The van der Waals surface area contributed by atoms with E-state index in [1.807, 2.05) is 62.4 Å². The number of carbonyl (C=O) groups excluding carboxylic acids is 3. The molecule has 8 nitrogen and oxygen atoms in total. The molecule has 0 aliphatic heterocycles. The second-order valence-electron chi connectivity index (χ2n) is 12.4. The second-order valence-corrected chi connectivity index (χ2v) is 17.8. The predicted molar refractivity (Wildman–Crippen MR) is 174 cm³/mol. The molecule has 2 unspecified atom stereocenters. The van der Waals surface area contributed by atoms with Crippen LogP contribution in [0, 0.1) is 5.92 Å². The summed E-state index contributed by atoms with van der Waals surface area (Å²) >= 11 is 0. The molecular weight excluding hydrogens is 572 g/mol. The Balaban J connectivity index is 1.39. The number of rotatable bonds is 13. The van der Waals surface area contributed by atoms with E-state index in [1.165, 1.54) is 0 Å². The van der Waals surface area contributed by atoms with Crippen LogP contribution in [0.3, 0.4) is 0 Å². The third kappa shape index (κ3) is 7.88. The second kappa shape index (κ2) is 14.6. The van der Waals surface area contributed by atoms with Gasteiger partial charge < -0.3 is 24.8 Å². The molecular formula is C35H44N2O6Si. The van der Waals surface area contributed by atoms with Gasteiger partial charge in [-0.25, -0.2) is 9.59 Å². The highest BCUT2D eigenvalue weighted by atomic mass is 28.3. The minimum Gasteiger partial charge on any atom is -0.484 e. The van der Waals surface area contributed by atoms with Gasteiger partial charge in [0.1, 0.15) is 18.4 Å². The Morgan fingerprint density at radius 1 is 0.864 bits per heavy atom. The smallest absolute Gasteiger partial charge is 0.407 e. The molecule has 0 fully saturated rings. The summed E-state index contributed by atoms with van der Waals surface area (Å²) in [6.07, 6.45) is 0.0430. The average molecular weight is 617 g/mol. The first-order chi connectivity index (χ1) is 21.0. The molecule has 3 aromatic rings. The standard InChI is InChI=1S/C35H44N2O6Si/c1-7-23(2)33(37-35(40)43-20-30-28-14-10-8-12-26(28)27-13-9-11-15-29(27)30)34(39)42-21-31(44(4,5)6)24-16-18-25(19-17-24)41-22-32(38)36-3/h8-19,23,30-31,33H,7,20-22H2,1-6H3,(H,36,38)(H,37,40)/t23?,31?,33-/m0/s1. The molecule has 0 saturated carbocycles. The lowest BCUT2D eigenvalue weighted by Gasteiger charge is -2.30. The summed E-state index contributed by atoms with van der Waals surface area (Å²) < 4.78 is 17.2. The average Bonchev–Trinajstić information content (AvgIpc) is 3.34. The van der Waals surface area contributed by atoms with Gasteiger partial charge in [0.05, 0.1) is 14.7 Å². The Kier molecular flexibility index (Phi) is 10.9. The Morgan fingerprint density at radius 2 is 1.45 bits per heavy atom. The van der Waals surface area contributed by atoms with Crippen LogP contribution in [0.25, 0.3) is 11.1 Å². The van der Waals surface area contributed by atoms with Crippen LogP contribution in [-0.2, 0) is 19.1 Å². The summed E-state index contributed by atoms with van der Waals surface area (Å²) in [5.41, 5.74) is 5.62. The van der Waals surface area contributed by atoms with Crippen LogP contribution in [0.5, 0.6) is 5.75 Å². The van der Waals surface area contributed by atoms with E-state index in [9.17, 15) is 14.4 Å².